The molecule has 94 valence electrons. The van der Waals surface area contributed by atoms with E-state index in [2.05, 4.69) is 10.2 Å². The standard InChI is InChI=1S/C12H19N3O2/c1-12(2,9(13)11(16)17-3)10-7-5-4-6-8(7)14-15-10/h9H,4-6,13H2,1-3H3,(H,14,15). The summed E-state index contributed by atoms with van der Waals surface area (Å²) >= 11 is 0. The van der Waals surface area contributed by atoms with E-state index in [4.69, 9.17) is 10.5 Å². The van der Waals surface area contributed by atoms with Gasteiger partial charge in [-0.1, -0.05) is 13.8 Å². The third-order valence-electron chi connectivity index (χ3n) is 3.65. The number of carbonyl (C=O) groups excluding carboxylic acids is 1. The van der Waals surface area contributed by atoms with Crippen LogP contribution in [-0.2, 0) is 27.8 Å². The highest BCUT2D eigenvalue weighted by molar-refractivity contribution is 5.77. The van der Waals surface area contributed by atoms with Gasteiger partial charge in [-0.3, -0.25) is 9.89 Å². The van der Waals surface area contributed by atoms with E-state index in [1.807, 2.05) is 13.8 Å². The average Bonchev–Trinajstić information content (AvgIpc) is 2.87. The highest BCUT2D eigenvalue weighted by Gasteiger charge is 2.39. The van der Waals surface area contributed by atoms with E-state index in [0.717, 1.165) is 25.0 Å². The zero-order valence-corrected chi connectivity index (χ0v) is 10.5. The number of aromatic amines is 1. The van der Waals surface area contributed by atoms with Crippen LogP contribution in [0.25, 0.3) is 0 Å². The number of esters is 1. The monoisotopic (exact) mass is 237 g/mol. The van der Waals surface area contributed by atoms with Crippen LogP contribution in [0.4, 0.5) is 0 Å². The Labute approximate surface area is 101 Å². The Hall–Kier alpha value is -1.36. The molecule has 1 atom stereocenters. The first kappa shape index (κ1) is 12.1. The second-order valence-corrected chi connectivity index (χ2v) is 5.11. The Morgan fingerprint density at radius 3 is 2.88 bits per heavy atom. The summed E-state index contributed by atoms with van der Waals surface area (Å²) in [6.45, 7) is 3.87. The van der Waals surface area contributed by atoms with Gasteiger partial charge in [-0.05, 0) is 24.8 Å². The number of hydrogen-bond donors (Lipinski definition) is 2. The lowest BCUT2D eigenvalue weighted by molar-refractivity contribution is -0.143. The van der Waals surface area contributed by atoms with Crippen molar-refractivity contribution in [1.82, 2.24) is 10.2 Å². The molecule has 1 aromatic heterocycles. The molecule has 5 heteroatoms. The average molecular weight is 237 g/mol. The number of nitrogens with zero attached hydrogens (tertiary/aromatic N) is 1. The third-order valence-corrected chi connectivity index (χ3v) is 3.65. The Bertz CT molecular complexity index is 437. The van der Waals surface area contributed by atoms with E-state index in [9.17, 15) is 4.79 Å². The van der Waals surface area contributed by atoms with Crippen molar-refractivity contribution in [3.8, 4) is 0 Å². The number of fused-ring (bicyclic) bond motifs is 1. The molecule has 1 aliphatic rings. The fourth-order valence-corrected chi connectivity index (χ4v) is 2.42. The van der Waals surface area contributed by atoms with Crippen LogP contribution in [0.3, 0.4) is 0 Å². The molecule has 0 spiro atoms. The Morgan fingerprint density at radius 2 is 2.24 bits per heavy atom. The van der Waals surface area contributed by atoms with Crippen LogP contribution < -0.4 is 5.73 Å². The molecule has 0 aromatic carbocycles. The number of aromatic nitrogens is 2. The smallest absolute Gasteiger partial charge is 0.323 e. The number of rotatable bonds is 3. The molecule has 1 heterocycles. The van der Waals surface area contributed by atoms with Crippen LogP contribution in [0.15, 0.2) is 0 Å². The lowest BCUT2D eigenvalue weighted by Gasteiger charge is -2.28. The second-order valence-electron chi connectivity index (χ2n) is 5.11. The van der Waals surface area contributed by atoms with Crippen molar-refractivity contribution in [2.75, 3.05) is 7.11 Å². The Morgan fingerprint density at radius 1 is 1.53 bits per heavy atom. The molecule has 5 nitrogen and oxygen atoms in total. The highest BCUT2D eigenvalue weighted by Crippen LogP contribution is 2.33. The van der Waals surface area contributed by atoms with Crippen molar-refractivity contribution in [2.45, 2.75) is 44.6 Å². The molecule has 0 radical (unpaired) electrons. The summed E-state index contributed by atoms with van der Waals surface area (Å²) < 4.78 is 4.71. The normalized spacial score (nSPS) is 16.7. The maximum atomic E-state index is 11.6. The van der Waals surface area contributed by atoms with Crippen molar-refractivity contribution < 1.29 is 9.53 Å². The first-order valence-electron chi connectivity index (χ1n) is 5.88. The largest absolute Gasteiger partial charge is 0.468 e. The van der Waals surface area contributed by atoms with Crippen molar-refractivity contribution in [1.29, 1.82) is 0 Å². The summed E-state index contributed by atoms with van der Waals surface area (Å²) in [5.41, 5.74) is 8.77. The van der Waals surface area contributed by atoms with E-state index in [0.29, 0.717) is 0 Å². The van der Waals surface area contributed by atoms with Gasteiger partial charge in [0.25, 0.3) is 0 Å². The molecule has 3 N–H and O–H groups in total. The van der Waals surface area contributed by atoms with E-state index in [1.165, 1.54) is 18.4 Å². The molecule has 17 heavy (non-hydrogen) atoms. The van der Waals surface area contributed by atoms with Gasteiger partial charge in [0.15, 0.2) is 0 Å². The highest BCUT2D eigenvalue weighted by atomic mass is 16.5. The number of H-pyrrole nitrogens is 1. The molecule has 1 unspecified atom stereocenters. The molecule has 0 amide bonds. The van der Waals surface area contributed by atoms with Gasteiger partial charge < -0.3 is 10.5 Å². The van der Waals surface area contributed by atoms with Crippen molar-refractivity contribution in [3.63, 3.8) is 0 Å². The summed E-state index contributed by atoms with van der Waals surface area (Å²) in [7, 11) is 1.35. The van der Waals surface area contributed by atoms with Gasteiger partial charge in [0.2, 0.25) is 0 Å². The van der Waals surface area contributed by atoms with Crippen LogP contribution >= 0.6 is 0 Å². The summed E-state index contributed by atoms with van der Waals surface area (Å²) in [6, 6.07) is -0.694. The predicted octanol–water partition coefficient (Wildman–Crippen LogP) is 0.676. The van der Waals surface area contributed by atoms with E-state index < -0.39 is 17.4 Å². The third kappa shape index (κ3) is 1.84. The minimum Gasteiger partial charge on any atom is -0.468 e. The van der Waals surface area contributed by atoms with Crippen LogP contribution in [0.5, 0.6) is 0 Å². The van der Waals surface area contributed by atoms with Gasteiger partial charge in [-0.15, -0.1) is 0 Å². The van der Waals surface area contributed by atoms with Crippen LogP contribution in [0.1, 0.15) is 37.2 Å². The maximum Gasteiger partial charge on any atom is 0.323 e. The Kier molecular flexibility index (Phi) is 2.95. The number of carbonyl (C=O) groups is 1. The molecule has 1 aromatic rings. The molecular formula is C12H19N3O2. The van der Waals surface area contributed by atoms with Crippen molar-refractivity contribution in [2.24, 2.45) is 5.73 Å². The Balaban J connectivity index is 2.34. The van der Waals surface area contributed by atoms with Crippen molar-refractivity contribution >= 4 is 5.97 Å². The summed E-state index contributed by atoms with van der Waals surface area (Å²) in [5.74, 6) is -0.398. The zero-order valence-electron chi connectivity index (χ0n) is 10.5. The minimum atomic E-state index is -0.694. The van der Waals surface area contributed by atoms with Crippen LogP contribution in [-0.4, -0.2) is 29.3 Å². The second kappa shape index (κ2) is 4.14. The van der Waals surface area contributed by atoms with Gasteiger partial charge in [-0.25, -0.2) is 0 Å². The zero-order chi connectivity index (χ0) is 12.6. The number of methoxy groups -OCH3 is 1. The van der Waals surface area contributed by atoms with Gasteiger partial charge in [0, 0.05) is 11.1 Å². The topological polar surface area (TPSA) is 81.0 Å². The van der Waals surface area contributed by atoms with Gasteiger partial charge >= 0.3 is 5.97 Å². The lowest BCUT2D eigenvalue weighted by atomic mass is 9.79. The van der Waals surface area contributed by atoms with E-state index >= 15 is 0 Å². The minimum absolute atomic E-state index is 0.398. The lowest BCUT2D eigenvalue weighted by Crippen LogP contribution is -2.48. The van der Waals surface area contributed by atoms with Crippen LogP contribution in [0.2, 0.25) is 0 Å². The number of hydrogen-bond acceptors (Lipinski definition) is 4. The molecule has 0 aliphatic heterocycles. The molecule has 0 saturated carbocycles. The molecule has 0 saturated heterocycles. The number of aryl methyl sites for hydroxylation is 1. The summed E-state index contributed by atoms with van der Waals surface area (Å²) in [4.78, 5) is 11.6. The quantitative estimate of drug-likeness (QED) is 0.757. The van der Waals surface area contributed by atoms with Gasteiger partial charge in [0.05, 0.1) is 12.8 Å². The fourth-order valence-electron chi connectivity index (χ4n) is 2.42. The maximum absolute atomic E-state index is 11.6. The number of nitrogens with one attached hydrogen (secondary N) is 1. The fraction of sp³-hybridized carbons (Fsp3) is 0.667. The SMILES string of the molecule is COC(=O)C(N)C(C)(C)c1n[nH]c2c1CCC2. The van der Waals surface area contributed by atoms with E-state index in [-0.39, 0.29) is 0 Å². The number of ether oxygens (including phenoxy) is 1. The van der Waals surface area contributed by atoms with Gasteiger partial charge in [0.1, 0.15) is 6.04 Å². The predicted molar refractivity (Wildman–Crippen MR) is 63.6 cm³/mol. The molecular weight excluding hydrogens is 218 g/mol. The van der Waals surface area contributed by atoms with E-state index in [1.54, 1.807) is 0 Å². The number of nitrogens with two attached hydrogens (primary N) is 1. The van der Waals surface area contributed by atoms with Gasteiger partial charge in [-0.2, -0.15) is 5.10 Å². The first-order chi connectivity index (χ1) is 7.98. The molecule has 0 bridgehead atoms. The molecule has 2 rings (SSSR count). The molecule has 0 fully saturated rings. The molecule has 1 aliphatic carbocycles. The van der Waals surface area contributed by atoms with Crippen molar-refractivity contribution in [3.05, 3.63) is 17.0 Å². The first-order valence-corrected chi connectivity index (χ1v) is 5.88. The summed E-state index contributed by atoms with van der Waals surface area (Å²) in [5, 5.41) is 7.38. The summed E-state index contributed by atoms with van der Waals surface area (Å²) in [6.07, 6.45) is 3.19. The van der Waals surface area contributed by atoms with Crippen LogP contribution in [0, 0.1) is 0 Å².